The monoisotopic (exact) mass is 340 g/mol. The molecule has 0 saturated carbocycles. The molecule has 1 fully saturated rings. The van der Waals surface area contributed by atoms with Crippen LogP contribution in [0.5, 0.6) is 11.5 Å². The summed E-state index contributed by atoms with van der Waals surface area (Å²) < 4.78 is 11.9. The van der Waals surface area contributed by atoms with Gasteiger partial charge in [-0.15, -0.1) is 0 Å². The molecule has 4 nitrogen and oxygen atoms in total. The van der Waals surface area contributed by atoms with Crippen LogP contribution in [0, 0.1) is 0 Å². The molecule has 134 valence electrons. The summed E-state index contributed by atoms with van der Waals surface area (Å²) in [6.07, 6.45) is 1.04. The van der Waals surface area contributed by atoms with E-state index in [2.05, 4.69) is 29.0 Å². The Kier molecular flexibility index (Phi) is 6.71. The Bertz CT molecular complexity index is 625. The molecule has 0 amide bonds. The van der Waals surface area contributed by atoms with E-state index in [1.54, 1.807) is 0 Å². The van der Waals surface area contributed by atoms with Crippen LogP contribution in [0.3, 0.4) is 0 Å². The van der Waals surface area contributed by atoms with Crippen molar-refractivity contribution in [2.75, 3.05) is 46.4 Å². The minimum atomic E-state index is 0.558. The van der Waals surface area contributed by atoms with Gasteiger partial charge in [-0.2, -0.15) is 0 Å². The zero-order valence-electron chi connectivity index (χ0n) is 15.1. The lowest BCUT2D eigenvalue weighted by molar-refractivity contribution is 0.145. The Hall–Kier alpha value is -2.04. The van der Waals surface area contributed by atoms with Gasteiger partial charge in [-0.05, 0) is 31.2 Å². The SMILES string of the molecule is CN1CCN(CCCOc2ccccc2OCc2ccccc2)CC1. The van der Waals surface area contributed by atoms with Crippen molar-refractivity contribution in [2.45, 2.75) is 13.0 Å². The second-order valence-electron chi connectivity index (χ2n) is 6.57. The second kappa shape index (κ2) is 9.44. The maximum atomic E-state index is 5.98. The Morgan fingerprint density at radius 1 is 0.800 bits per heavy atom. The molecule has 0 radical (unpaired) electrons. The molecule has 0 spiro atoms. The first-order valence-electron chi connectivity index (χ1n) is 9.11. The van der Waals surface area contributed by atoms with Gasteiger partial charge in [-0.25, -0.2) is 0 Å². The molecule has 0 N–H and O–H groups in total. The first kappa shape index (κ1) is 17.8. The lowest BCUT2D eigenvalue weighted by Gasteiger charge is -2.32. The summed E-state index contributed by atoms with van der Waals surface area (Å²) in [5, 5.41) is 0. The van der Waals surface area contributed by atoms with Crippen LogP contribution in [0.2, 0.25) is 0 Å². The number of hydrogen-bond acceptors (Lipinski definition) is 4. The molecular weight excluding hydrogens is 312 g/mol. The van der Waals surface area contributed by atoms with E-state index < -0.39 is 0 Å². The molecule has 3 rings (SSSR count). The number of likely N-dealkylation sites (N-methyl/N-ethyl adjacent to an activating group) is 1. The molecule has 1 aliphatic heterocycles. The summed E-state index contributed by atoms with van der Waals surface area (Å²) in [5.74, 6) is 1.64. The van der Waals surface area contributed by atoms with Crippen molar-refractivity contribution in [3.05, 3.63) is 60.2 Å². The Morgan fingerprint density at radius 2 is 1.44 bits per heavy atom. The van der Waals surface area contributed by atoms with Crippen LogP contribution in [0.15, 0.2) is 54.6 Å². The zero-order valence-corrected chi connectivity index (χ0v) is 15.1. The van der Waals surface area contributed by atoms with Gasteiger partial charge in [0.25, 0.3) is 0 Å². The number of para-hydroxylation sites is 2. The quantitative estimate of drug-likeness (QED) is 0.689. The fourth-order valence-corrected chi connectivity index (χ4v) is 2.97. The normalized spacial score (nSPS) is 15.9. The van der Waals surface area contributed by atoms with E-state index in [4.69, 9.17) is 9.47 Å². The van der Waals surface area contributed by atoms with Gasteiger partial charge in [0.05, 0.1) is 6.61 Å². The first-order valence-corrected chi connectivity index (χ1v) is 9.11. The number of rotatable bonds is 8. The van der Waals surface area contributed by atoms with E-state index >= 15 is 0 Å². The number of piperazine rings is 1. The molecule has 1 heterocycles. The second-order valence-corrected chi connectivity index (χ2v) is 6.57. The average Bonchev–Trinajstić information content (AvgIpc) is 2.66. The summed E-state index contributed by atoms with van der Waals surface area (Å²) in [6, 6.07) is 18.1. The van der Waals surface area contributed by atoms with Crippen molar-refractivity contribution in [2.24, 2.45) is 0 Å². The summed E-state index contributed by atoms with van der Waals surface area (Å²) in [5.41, 5.74) is 1.16. The van der Waals surface area contributed by atoms with Crippen LogP contribution in [-0.4, -0.2) is 56.2 Å². The van der Waals surface area contributed by atoms with Crippen LogP contribution in [0.1, 0.15) is 12.0 Å². The lowest BCUT2D eigenvalue weighted by atomic mass is 10.2. The molecule has 0 bridgehead atoms. The van der Waals surface area contributed by atoms with Gasteiger partial charge in [-0.1, -0.05) is 42.5 Å². The van der Waals surface area contributed by atoms with Gasteiger partial charge in [0.15, 0.2) is 11.5 Å². The molecular formula is C21H28N2O2. The summed E-state index contributed by atoms with van der Waals surface area (Å²) >= 11 is 0. The molecule has 2 aromatic rings. The van der Waals surface area contributed by atoms with Gasteiger partial charge in [0, 0.05) is 32.7 Å². The van der Waals surface area contributed by atoms with E-state index in [1.165, 1.54) is 0 Å². The third-order valence-corrected chi connectivity index (χ3v) is 4.56. The zero-order chi connectivity index (χ0) is 17.3. The topological polar surface area (TPSA) is 24.9 Å². The molecule has 0 atom stereocenters. The number of nitrogens with zero attached hydrogens (tertiary/aromatic N) is 2. The van der Waals surface area contributed by atoms with Crippen molar-refractivity contribution in [1.82, 2.24) is 9.80 Å². The molecule has 25 heavy (non-hydrogen) atoms. The van der Waals surface area contributed by atoms with E-state index in [9.17, 15) is 0 Å². The molecule has 0 aliphatic carbocycles. The maximum absolute atomic E-state index is 5.98. The van der Waals surface area contributed by atoms with Crippen LogP contribution < -0.4 is 9.47 Å². The largest absolute Gasteiger partial charge is 0.490 e. The van der Waals surface area contributed by atoms with E-state index in [1.807, 2.05) is 42.5 Å². The highest BCUT2D eigenvalue weighted by Crippen LogP contribution is 2.27. The van der Waals surface area contributed by atoms with Crippen LogP contribution >= 0.6 is 0 Å². The van der Waals surface area contributed by atoms with E-state index in [-0.39, 0.29) is 0 Å². The van der Waals surface area contributed by atoms with Gasteiger partial charge in [0.2, 0.25) is 0 Å². The van der Waals surface area contributed by atoms with Crippen LogP contribution in [-0.2, 0) is 6.61 Å². The van der Waals surface area contributed by atoms with Crippen molar-refractivity contribution in [3.8, 4) is 11.5 Å². The summed E-state index contributed by atoms with van der Waals surface area (Å²) in [4.78, 5) is 4.90. The molecule has 0 unspecified atom stereocenters. The minimum Gasteiger partial charge on any atom is -0.490 e. The van der Waals surface area contributed by atoms with Gasteiger partial charge in [-0.3, -0.25) is 0 Å². The van der Waals surface area contributed by atoms with Gasteiger partial charge in [0.1, 0.15) is 6.61 Å². The molecule has 1 aliphatic rings. The smallest absolute Gasteiger partial charge is 0.161 e. The summed E-state index contributed by atoms with van der Waals surface area (Å²) in [6.45, 7) is 7.02. The number of benzene rings is 2. The molecule has 2 aromatic carbocycles. The Balaban J connectivity index is 1.43. The van der Waals surface area contributed by atoms with Crippen molar-refractivity contribution < 1.29 is 9.47 Å². The predicted molar refractivity (Wildman–Crippen MR) is 101 cm³/mol. The number of hydrogen-bond donors (Lipinski definition) is 0. The molecule has 0 aromatic heterocycles. The third kappa shape index (κ3) is 5.76. The average molecular weight is 340 g/mol. The van der Waals surface area contributed by atoms with Gasteiger partial charge < -0.3 is 19.3 Å². The molecule has 1 saturated heterocycles. The highest BCUT2D eigenvalue weighted by molar-refractivity contribution is 5.39. The maximum Gasteiger partial charge on any atom is 0.161 e. The van der Waals surface area contributed by atoms with E-state index in [0.29, 0.717) is 6.61 Å². The van der Waals surface area contributed by atoms with E-state index in [0.717, 1.165) is 62.8 Å². The summed E-state index contributed by atoms with van der Waals surface area (Å²) in [7, 11) is 2.19. The fraction of sp³-hybridized carbons (Fsp3) is 0.429. The fourth-order valence-electron chi connectivity index (χ4n) is 2.97. The van der Waals surface area contributed by atoms with Crippen molar-refractivity contribution >= 4 is 0 Å². The first-order chi connectivity index (χ1) is 12.3. The third-order valence-electron chi connectivity index (χ3n) is 4.56. The Morgan fingerprint density at radius 3 is 2.16 bits per heavy atom. The highest BCUT2D eigenvalue weighted by atomic mass is 16.5. The molecule has 4 heteroatoms. The van der Waals surface area contributed by atoms with Gasteiger partial charge >= 0.3 is 0 Å². The van der Waals surface area contributed by atoms with Crippen molar-refractivity contribution in [3.63, 3.8) is 0 Å². The van der Waals surface area contributed by atoms with Crippen molar-refractivity contribution in [1.29, 1.82) is 0 Å². The standard InChI is InChI=1S/C21H28N2O2/c1-22-13-15-23(16-14-22)12-7-17-24-20-10-5-6-11-21(20)25-18-19-8-3-2-4-9-19/h2-6,8-11H,7,12-18H2,1H3. The predicted octanol–water partition coefficient (Wildman–Crippen LogP) is 3.28. The number of ether oxygens (including phenoxy) is 2. The highest BCUT2D eigenvalue weighted by Gasteiger charge is 2.13. The lowest BCUT2D eigenvalue weighted by Crippen LogP contribution is -2.44. The Labute approximate surface area is 151 Å². The van der Waals surface area contributed by atoms with Crippen LogP contribution in [0.25, 0.3) is 0 Å². The minimum absolute atomic E-state index is 0.558. The van der Waals surface area contributed by atoms with Crippen LogP contribution in [0.4, 0.5) is 0 Å².